The molecule has 5 atom stereocenters. The molecular weight excluding hydrogens is 732 g/mol. The molecule has 298 valence electrons. The van der Waals surface area contributed by atoms with Crippen LogP contribution in [0.1, 0.15) is 31.1 Å². The Balaban J connectivity index is 1.70. The van der Waals surface area contributed by atoms with E-state index in [2.05, 4.69) is 0 Å². The molecule has 2 bridgehead atoms. The Morgan fingerprint density at radius 1 is 0.618 bits per heavy atom. The van der Waals surface area contributed by atoms with Crippen molar-refractivity contribution >= 4 is 17.9 Å². The Labute approximate surface area is 315 Å². The molecule has 18 heteroatoms. The average Bonchev–Trinajstić information content (AvgIpc) is 3.21. The smallest absolute Gasteiger partial charge is 0.340 e. The van der Waals surface area contributed by atoms with Gasteiger partial charge in [0.15, 0.2) is 46.7 Å². The first-order chi connectivity index (χ1) is 26.5. The van der Waals surface area contributed by atoms with Crippen LogP contribution in [0.5, 0.6) is 51.7 Å². The van der Waals surface area contributed by atoms with E-state index in [1.54, 1.807) is 0 Å². The minimum Gasteiger partial charge on any atom is -0.493 e. The summed E-state index contributed by atoms with van der Waals surface area (Å²) < 4.78 is 79.1. The predicted octanol–water partition coefficient (Wildman–Crippen LogP) is 3.08. The van der Waals surface area contributed by atoms with E-state index in [-0.39, 0.29) is 79.6 Å². The summed E-state index contributed by atoms with van der Waals surface area (Å²) >= 11 is 0. The van der Waals surface area contributed by atoms with Gasteiger partial charge < -0.3 is 71.4 Å². The molecule has 0 aromatic heterocycles. The number of aliphatic hydroxyl groups is 1. The second-order valence-corrected chi connectivity index (χ2v) is 11.7. The quantitative estimate of drug-likeness (QED) is 0.208. The van der Waals surface area contributed by atoms with Gasteiger partial charge >= 0.3 is 17.9 Å². The number of benzene rings is 3. The minimum absolute atomic E-state index is 0.0254. The highest BCUT2D eigenvalue weighted by Crippen LogP contribution is 2.54. The van der Waals surface area contributed by atoms with Gasteiger partial charge in [0.05, 0.1) is 80.7 Å². The van der Waals surface area contributed by atoms with Gasteiger partial charge in [-0.2, -0.15) is 0 Å². The molecule has 1 saturated heterocycles. The molecule has 3 aromatic rings. The number of cyclic esters (lactones) is 1. The van der Waals surface area contributed by atoms with Gasteiger partial charge in [-0.15, -0.1) is 0 Å². The van der Waals surface area contributed by atoms with Crippen LogP contribution in [0.15, 0.2) is 24.3 Å². The van der Waals surface area contributed by atoms with E-state index in [9.17, 15) is 19.5 Å². The highest BCUT2D eigenvalue weighted by molar-refractivity contribution is 6.08. The van der Waals surface area contributed by atoms with E-state index in [1.807, 2.05) is 0 Å². The summed E-state index contributed by atoms with van der Waals surface area (Å²) in [5.41, 5.74) is -0.556. The lowest BCUT2D eigenvalue weighted by Crippen LogP contribution is -2.61. The van der Waals surface area contributed by atoms with Crippen molar-refractivity contribution in [2.75, 3.05) is 77.7 Å². The standard InChI is InChI=1S/C37H42O18/c1-42-19-11-16(12-20(43-2)27(19)46-5)34(39)55-37-33(51-10)32-26(38)23(53-37)15-52-35(40)17-13-21(44-3)28(47-6)30(49-8)24(17)25-18(36(41)54-32)14-22(45-4)29(48-7)31(25)50-9/h11-14,23,26,32-33,37-38H,15H2,1-10H3/t23-,26-,32+,33-,37+/m1/s1. The van der Waals surface area contributed by atoms with Gasteiger partial charge in [-0.1, -0.05) is 0 Å². The summed E-state index contributed by atoms with van der Waals surface area (Å²) in [5, 5.41) is 11.6. The minimum atomic E-state index is -1.69. The first-order valence-corrected chi connectivity index (χ1v) is 16.4. The number of methoxy groups -OCH3 is 10. The number of ether oxygens (including phenoxy) is 14. The Kier molecular flexibility index (Phi) is 12.5. The number of carbonyl (C=O) groups excluding carboxylic acids is 3. The van der Waals surface area contributed by atoms with Crippen molar-refractivity contribution < 1.29 is 85.8 Å². The zero-order valence-electron chi connectivity index (χ0n) is 31.8. The maximum atomic E-state index is 14.5. The van der Waals surface area contributed by atoms with Crippen LogP contribution < -0.4 is 42.6 Å². The van der Waals surface area contributed by atoms with E-state index in [0.29, 0.717) is 0 Å². The first-order valence-electron chi connectivity index (χ1n) is 16.4. The molecule has 2 aliphatic heterocycles. The molecule has 0 unspecified atom stereocenters. The third-order valence-electron chi connectivity index (χ3n) is 8.99. The maximum Gasteiger partial charge on any atom is 0.340 e. The lowest BCUT2D eigenvalue weighted by atomic mass is 9.91. The molecule has 0 radical (unpaired) electrons. The van der Waals surface area contributed by atoms with Gasteiger partial charge in [0, 0.05) is 18.2 Å². The number of hydrogen-bond donors (Lipinski definition) is 1. The molecule has 1 N–H and O–H groups in total. The van der Waals surface area contributed by atoms with Crippen molar-refractivity contribution in [3.05, 3.63) is 41.0 Å². The van der Waals surface area contributed by atoms with Crippen LogP contribution in [0.25, 0.3) is 11.1 Å². The topological polar surface area (TPSA) is 201 Å². The van der Waals surface area contributed by atoms with Crippen molar-refractivity contribution in [1.29, 1.82) is 0 Å². The third kappa shape index (κ3) is 7.22. The number of hydrogen-bond acceptors (Lipinski definition) is 18. The van der Waals surface area contributed by atoms with Crippen LogP contribution in [0.4, 0.5) is 0 Å². The molecule has 0 aliphatic carbocycles. The summed E-state index contributed by atoms with van der Waals surface area (Å²) in [6.45, 7) is -0.630. The molecule has 2 heterocycles. The molecule has 0 amide bonds. The molecule has 18 nitrogen and oxygen atoms in total. The molecule has 0 spiro atoms. The van der Waals surface area contributed by atoms with Gasteiger partial charge in [0.1, 0.15) is 18.8 Å². The molecule has 0 saturated carbocycles. The van der Waals surface area contributed by atoms with Crippen molar-refractivity contribution in [3.8, 4) is 62.9 Å². The fourth-order valence-corrected chi connectivity index (χ4v) is 6.43. The van der Waals surface area contributed by atoms with Gasteiger partial charge in [-0.05, 0) is 24.3 Å². The molecule has 1 fully saturated rings. The molecular formula is C37H42O18. The molecule has 55 heavy (non-hydrogen) atoms. The van der Waals surface area contributed by atoms with Crippen LogP contribution in [-0.4, -0.2) is 131 Å². The number of aliphatic hydroxyl groups excluding tert-OH is 1. The predicted molar refractivity (Wildman–Crippen MR) is 188 cm³/mol. The average molecular weight is 775 g/mol. The van der Waals surface area contributed by atoms with Gasteiger partial charge in [-0.3, -0.25) is 0 Å². The largest absolute Gasteiger partial charge is 0.493 e. The maximum absolute atomic E-state index is 14.5. The van der Waals surface area contributed by atoms with Crippen LogP contribution in [0.2, 0.25) is 0 Å². The van der Waals surface area contributed by atoms with E-state index in [1.165, 1.54) is 95.4 Å². The normalized spacial score (nSPS) is 20.5. The molecule has 3 aromatic carbocycles. The van der Waals surface area contributed by atoms with Crippen molar-refractivity contribution in [3.63, 3.8) is 0 Å². The summed E-state index contributed by atoms with van der Waals surface area (Å²) in [6, 6.07) is 5.32. The Hall–Kier alpha value is -5.85. The fourth-order valence-electron chi connectivity index (χ4n) is 6.43. The van der Waals surface area contributed by atoms with Crippen LogP contribution >= 0.6 is 0 Å². The van der Waals surface area contributed by atoms with Crippen LogP contribution in [-0.2, 0) is 23.7 Å². The molecule has 2 aliphatic rings. The Morgan fingerprint density at radius 3 is 1.51 bits per heavy atom. The van der Waals surface area contributed by atoms with Crippen molar-refractivity contribution in [2.24, 2.45) is 0 Å². The number of esters is 3. The second kappa shape index (κ2) is 17.1. The third-order valence-corrected chi connectivity index (χ3v) is 8.99. The molecule has 5 rings (SSSR count). The highest BCUT2D eigenvalue weighted by atomic mass is 16.7. The van der Waals surface area contributed by atoms with E-state index >= 15 is 0 Å². The lowest BCUT2D eigenvalue weighted by Gasteiger charge is -2.42. The van der Waals surface area contributed by atoms with Gasteiger partial charge in [-0.25, -0.2) is 14.4 Å². The SMILES string of the molecule is COc1cc(C(=O)O[C@@H]2O[C@@H]3COC(=O)c4cc(OC)c(OC)c(OC)c4-c4c(cc(OC)c(OC)c4OC)C(=O)O[C@@H]([C@@H]3O)[C@H]2OC)cc(OC)c1OC. The van der Waals surface area contributed by atoms with Crippen LogP contribution in [0, 0.1) is 0 Å². The van der Waals surface area contributed by atoms with E-state index in [0.717, 1.165) is 0 Å². The number of fused-ring (bicyclic) bond motifs is 5. The van der Waals surface area contributed by atoms with Crippen molar-refractivity contribution in [2.45, 2.75) is 30.7 Å². The number of carbonyl (C=O) groups is 3. The zero-order chi connectivity index (χ0) is 40.1. The zero-order valence-corrected chi connectivity index (χ0v) is 31.8. The first kappa shape index (κ1) is 40.3. The summed E-state index contributed by atoms with van der Waals surface area (Å²) in [7, 11) is 13.4. The summed E-state index contributed by atoms with van der Waals surface area (Å²) in [6.07, 6.45) is -7.79. The lowest BCUT2D eigenvalue weighted by molar-refractivity contribution is -0.289. The summed E-state index contributed by atoms with van der Waals surface area (Å²) in [4.78, 5) is 42.3. The Bertz CT molecular complexity index is 1900. The second-order valence-electron chi connectivity index (χ2n) is 11.7. The van der Waals surface area contributed by atoms with E-state index < -0.39 is 55.2 Å². The fraction of sp³-hybridized carbons (Fsp3) is 0.432. The van der Waals surface area contributed by atoms with E-state index in [4.69, 9.17) is 66.3 Å². The highest BCUT2D eigenvalue weighted by Gasteiger charge is 2.51. The Morgan fingerprint density at radius 2 is 1.07 bits per heavy atom. The monoisotopic (exact) mass is 774 g/mol. The van der Waals surface area contributed by atoms with Crippen LogP contribution in [0.3, 0.4) is 0 Å². The van der Waals surface area contributed by atoms with Gasteiger partial charge in [0.25, 0.3) is 0 Å². The van der Waals surface area contributed by atoms with Crippen molar-refractivity contribution in [1.82, 2.24) is 0 Å². The summed E-state index contributed by atoms with van der Waals surface area (Å²) in [5.74, 6) is -2.34. The van der Waals surface area contributed by atoms with Gasteiger partial charge in [0.2, 0.25) is 23.5 Å². The number of rotatable bonds is 12.